The first kappa shape index (κ1) is 19.3. The van der Waals surface area contributed by atoms with Crippen molar-refractivity contribution in [3.63, 3.8) is 0 Å². The largest absolute Gasteiger partial charge is 0.326 e. The number of carbonyl (C=O) groups is 2. The van der Waals surface area contributed by atoms with Crippen molar-refractivity contribution in [1.82, 2.24) is 4.90 Å². The second kappa shape index (κ2) is 8.45. The van der Waals surface area contributed by atoms with Gasteiger partial charge in [0.15, 0.2) is 0 Å². The van der Waals surface area contributed by atoms with Gasteiger partial charge >= 0.3 is 0 Å². The Morgan fingerprint density at radius 1 is 1.22 bits per heavy atom. The van der Waals surface area contributed by atoms with Crippen molar-refractivity contribution in [3.05, 3.63) is 70.4 Å². The quantitative estimate of drug-likeness (QED) is 0.598. The molecule has 1 heterocycles. The van der Waals surface area contributed by atoms with E-state index in [0.29, 0.717) is 20.5 Å². The van der Waals surface area contributed by atoms with Crippen molar-refractivity contribution in [2.45, 2.75) is 13.3 Å². The lowest BCUT2D eigenvalue weighted by Crippen LogP contribution is -2.31. The number of amides is 2. The van der Waals surface area contributed by atoms with Gasteiger partial charge in [0.25, 0.3) is 5.91 Å². The Bertz CT molecular complexity index is 926. The Kier molecular flexibility index (Phi) is 6.03. The smallest absolute Gasteiger partial charge is 0.266 e. The molecule has 4 nitrogen and oxygen atoms in total. The van der Waals surface area contributed by atoms with Crippen molar-refractivity contribution >= 4 is 51.9 Å². The van der Waals surface area contributed by atoms with Crippen LogP contribution in [-0.4, -0.2) is 27.6 Å². The van der Waals surface area contributed by atoms with Gasteiger partial charge < -0.3 is 5.32 Å². The number of anilines is 1. The van der Waals surface area contributed by atoms with Gasteiger partial charge in [0.1, 0.15) is 10.1 Å². The minimum absolute atomic E-state index is 0.118. The maximum absolute atomic E-state index is 13.8. The number of hydrogen-bond donors (Lipinski definition) is 1. The van der Waals surface area contributed by atoms with Gasteiger partial charge in [0, 0.05) is 24.2 Å². The van der Waals surface area contributed by atoms with E-state index < -0.39 is 5.82 Å². The third kappa shape index (κ3) is 4.81. The number of benzene rings is 2. The van der Waals surface area contributed by atoms with Crippen LogP contribution in [0.3, 0.4) is 0 Å². The van der Waals surface area contributed by atoms with Gasteiger partial charge in [-0.3, -0.25) is 14.5 Å². The van der Waals surface area contributed by atoms with E-state index in [4.69, 9.17) is 12.2 Å². The van der Waals surface area contributed by atoms with E-state index in [1.807, 2.05) is 31.2 Å². The van der Waals surface area contributed by atoms with Crippen LogP contribution in [0.15, 0.2) is 53.4 Å². The third-order valence-electron chi connectivity index (χ3n) is 3.96. The molecule has 1 fully saturated rings. The fourth-order valence-corrected chi connectivity index (χ4v) is 3.80. The molecule has 0 unspecified atom stereocenters. The summed E-state index contributed by atoms with van der Waals surface area (Å²) in [6.07, 6.45) is 1.61. The molecule has 7 heteroatoms. The summed E-state index contributed by atoms with van der Waals surface area (Å²) < 4.78 is 14.2. The van der Waals surface area contributed by atoms with Crippen LogP contribution < -0.4 is 5.32 Å². The number of thioether (sulfide) groups is 1. The lowest BCUT2D eigenvalue weighted by atomic mass is 10.2. The van der Waals surface area contributed by atoms with E-state index in [-0.39, 0.29) is 24.8 Å². The molecular formula is C20H17FN2O2S2. The lowest BCUT2D eigenvalue weighted by Gasteiger charge is -2.14. The van der Waals surface area contributed by atoms with E-state index >= 15 is 0 Å². The van der Waals surface area contributed by atoms with E-state index in [1.54, 1.807) is 18.2 Å². The Morgan fingerprint density at radius 2 is 1.93 bits per heavy atom. The van der Waals surface area contributed by atoms with Gasteiger partial charge in [-0.15, -0.1) is 0 Å². The molecule has 1 aliphatic heterocycles. The molecule has 1 aliphatic rings. The molecule has 2 aromatic rings. The Hall–Kier alpha value is -2.51. The zero-order chi connectivity index (χ0) is 19.4. The summed E-state index contributed by atoms with van der Waals surface area (Å²) in [5.74, 6) is -0.914. The molecule has 3 rings (SSSR count). The minimum Gasteiger partial charge on any atom is -0.326 e. The van der Waals surface area contributed by atoms with Crippen LogP contribution in [-0.2, 0) is 9.59 Å². The molecule has 0 aliphatic carbocycles. The first-order chi connectivity index (χ1) is 12.9. The molecule has 138 valence electrons. The van der Waals surface area contributed by atoms with Gasteiger partial charge in [-0.25, -0.2) is 4.39 Å². The summed E-state index contributed by atoms with van der Waals surface area (Å²) in [7, 11) is 0. The van der Waals surface area contributed by atoms with E-state index in [2.05, 4.69) is 5.32 Å². The van der Waals surface area contributed by atoms with Crippen LogP contribution in [0.5, 0.6) is 0 Å². The fraction of sp³-hybridized carbons (Fsp3) is 0.150. The maximum atomic E-state index is 13.8. The summed E-state index contributed by atoms with van der Waals surface area (Å²) in [4.78, 5) is 26.4. The van der Waals surface area contributed by atoms with Gasteiger partial charge in [0.2, 0.25) is 5.91 Å². The number of nitrogens with zero attached hydrogens (tertiary/aromatic N) is 1. The highest BCUT2D eigenvalue weighted by Crippen LogP contribution is 2.33. The van der Waals surface area contributed by atoms with Crippen molar-refractivity contribution in [3.8, 4) is 0 Å². The molecular weight excluding hydrogens is 383 g/mol. The average Bonchev–Trinajstić information content (AvgIpc) is 2.90. The number of nitrogens with one attached hydrogen (secondary N) is 1. The number of hydrogen-bond acceptors (Lipinski definition) is 4. The second-order valence-electron chi connectivity index (χ2n) is 6.02. The van der Waals surface area contributed by atoms with E-state index in [1.165, 1.54) is 17.0 Å². The first-order valence-electron chi connectivity index (χ1n) is 8.30. The molecule has 0 atom stereocenters. The van der Waals surface area contributed by atoms with Crippen LogP contribution in [0.25, 0.3) is 6.08 Å². The molecule has 27 heavy (non-hydrogen) atoms. The minimum atomic E-state index is -0.403. The van der Waals surface area contributed by atoms with Crippen LogP contribution in [0.4, 0.5) is 10.1 Å². The molecule has 0 bridgehead atoms. The molecule has 2 amide bonds. The zero-order valence-electron chi connectivity index (χ0n) is 14.6. The van der Waals surface area contributed by atoms with Gasteiger partial charge in [0.05, 0.1) is 4.91 Å². The Balaban J connectivity index is 1.61. The van der Waals surface area contributed by atoms with Crippen molar-refractivity contribution in [2.24, 2.45) is 0 Å². The Morgan fingerprint density at radius 3 is 2.63 bits per heavy atom. The summed E-state index contributed by atoms with van der Waals surface area (Å²) in [6.45, 7) is 2.15. The summed E-state index contributed by atoms with van der Waals surface area (Å²) >= 11 is 6.35. The SMILES string of the molecule is Cc1ccc(NC(=O)CCN2C(=O)/C(=C/c3ccccc3F)SC2=S)cc1. The van der Waals surface area contributed by atoms with Gasteiger partial charge in [-0.05, 0) is 31.2 Å². The van der Waals surface area contributed by atoms with Gasteiger partial charge in [-0.1, -0.05) is 59.9 Å². The average molecular weight is 401 g/mol. The van der Waals surface area contributed by atoms with Crippen LogP contribution in [0.1, 0.15) is 17.5 Å². The molecule has 1 saturated heterocycles. The van der Waals surface area contributed by atoms with Crippen LogP contribution >= 0.6 is 24.0 Å². The number of halogens is 1. The lowest BCUT2D eigenvalue weighted by molar-refractivity contribution is -0.122. The number of rotatable bonds is 5. The fourth-order valence-electron chi connectivity index (χ4n) is 2.50. The van der Waals surface area contributed by atoms with Crippen LogP contribution in [0, 0.1) is 12.7 Å². The topological polar surface area (TPSA) is 49.4 Å². The first-order valence-corrected chi connectivity index (χ1v) is 9.53. The number of aryl methyl sites for hydroxylation is 1. The van der Waals surface area contributed by atoms with Crippen LogP contribution in [0.2, 0.25) is 0 Å². The Labute approximate surface area is 166 Å². The van der Waals surface area contributed by atoms with Crippen molar-refractivity contribution in [1.29, 1.82) is 0 Å². The molecule has 0 saturated carbocycles. The second-order valence-corrected chi connectivity index (χ2v) is 7.69. The highest BCUT2D eigenvalue weighted by atomic mass is 32.2. The molecule has 0 aromatic heterocycles. The monoisotopic (exact) mass is 400 g/mol. The predicted octanol–water partition coefficient (Wildman–Crippen LogP) is 4.36. The highest BCUT2D eigenvalue weighted by molar-refractivity contribution is 8.26. The summed E-state index contributed by atoms with van der Waals surface area (Å²) in [6, 6.07) is 13.7. The zero-order valence-corrected chi connectivity index (χ0v) is 16.2. The molecule has 2 aromatic carbocycles. The predicted molar refractivity (Wildman–Crippen MR) is 111 cm³/mol. The maximum Gasteiger partial charge on any atom is 0.266 e. The molecule has 1 N–H and O–H groups in total. The molecule has 0 radical (unpaired) electrons. The number of carbonyl (C=O) groups excluding carboxylic acids is 2. The van der Waals surface area contributed by atoms with Crippen molar-refractivity contribution in [2.75, 3.05) is 11.9 Å². The third-order valence-corrected chi connectivity index (χ3v) is 5.34. The normalized spacial score (nSPS) is 15.5. The van der Waals surface area contributed by atoms with E-state index in [9.17, 15) is 14.0 Å². The standard InChI is InChI=1S/C20H17FN2O2S2/c1-13-6-8-15(9-7-13)22-18(24)10-11-23-19(25)17(27-20(23)26)12-14-4-2-3-5-16(14)21/h2-9,12H,10-11H2,1H3,(H,22,24)/b17-12-. The molecule has 0 spiro atoms. The van der Waals surface area contributed by atoms with Gasteiger partial charge in [-0.2, -0.15) is 0 Å². The summed E-state index contributed by atoms with van der Waals surface area (Å²) in [5, 5.41) is 2.79. The summed E-state index contributed by atoms with van der Waals surface area (Å²) in [5.41, 5.74) is 2.14. The van der Waals surface area contributed by atoms with E-state index in [0.717, 1.165) is 17.3 Å². The van der Waals surface area contributed by atoms with Crippen molar-refractivity contribution < 1.29 is 14.0 Å². The highest BCUT2D eigenvalue weighted by Gasteiger charge is 2.32. The number of thiocarbonyl (C=S) groups is 1.